The van der Waals surface area contributed by atoms with Gasteiger partial charge >= 0.3 is 5.97 Å². The number of ether oxygens (including phenoxy) is 1. The molecule has 0 radical (unpaired) electrons. The van der Waals surface area contributed by atoms with E-state index in [0.29, 0.717) is 32.8 Å². The first-order chi connectivity index (χ1) is 12.8. The summed E-state index contributed by atoms with van der Waals surface area (Å²) in [6.45, 7) is 2.70. The predicted octanol–water partition coefficient (Wildman–Crippen LogP) is 4.39. The number of fused-ring (bicyclic) bond motifs is 1. The van der Waals surface area contributed by atoms with Gasteiger partial charge in [-0.05, 0) is 49.4 Å². The summed E-state index contributed by atoms with van der Waals surface area (Å²) in [4.78, 5) is 35.5. The van der Waals surface area contributed by atoms with Crippen LogP contribution >= 0.6 is 11.6 Å². The van der Waals surface area contributed by atoms with Crippen LogP contribution in [0, 0.1) is 6.92 Å². The highest BCUT2D eigenvalue weighted by Crippen LogP contribution is 2.28. The molecule has 7 heteroatoms. The van der Waals surface area contributed by atoms with E-state index in [1.54, 1.807) is 49.4 Å². The second-order valence-electron chi connectivity index (χ2n) is 5.95. The molecule has 0 fully saturated rings. The Balaban J connectivity index is 1.67. The van der Waals surface area contributed by atoms with Gasteiger partial charge in [0.2, 0.25) is 11.7 Å². The van der Waals surface area contributed by atoms with Gasteiger partial charge in [0.05, 0.1) is 0 Å². The number of Topliss-reactive ketones (excluding diaryl/α,β-unsaturated/α-hetero) is 1. The fourth-order valence-corrected chi connectivity index (χ4v) is 2.78. The number of esters is 1. The molecule has 27 heavy (non-hydrogen) atoms. The van der Waals surface area contributed by atoms with E-state index >= 15 is 0 Å². The molecule has 3 aromatic rings. The third kappa shape index (κ3) is 4.17. The van der Waals surface area contributed by atoms with Gasteiger partial charge in [-0.15, -0.1) is 0 Å². The lowest BCUT2D eigenvalue weighted by molar-refractivity contribution is -0.114. The maximum Gasteiger partial charge on any atom is 0.375 e. The molecule has 0 saturated carbocycles. The first-order valence-electron chi connectivity index (χ1n) is 8.12. The summed E-state index contributed by atoms with van der Waals surface area (Å²) in [5, 5.41) is 3.86. The standard InChI is InChI=1S/C20H16ClNO5/c1-11-16-9-14(21)5-8-18(16)27-19(11)20(25)26-10-17(24)13-3-6-15(7-4-13)22-12(2)23/h3-9H,10H2,1-2H3,(H,22,23). The van der Waals surface area contributed by atoms with Gasteiger partial charge in [0.15, 0.2) is 12.4 Å². The van der Waals surface area contributed by atoms with E-state index in [1.807, 2.05) is 0 Å². The number of nitrogens with one attached hydrogen (secondary N) is 1. The van der Waals surface area contributed by atoms with Crippen molar-refractivity contribution >= 4 is 45.9 Å². The van der Waals surface area contributed by atoms with Crippen LogP contribution in [-0.2, 0) is 9.53 Å². The summed E-state index contributed by atoms with van der Waals surface area (Å²) in [5.74, 6) is -1.25. The fraction of sp³-hybridized carbons (Fsp3) is 0.150. The van der Waals surface area contributed by atoms with Crippen LogP contribution in [0.25, 0.3) is 11.0 Å². The average molecular weight is 386 g/mol. The van der Waals surface area contributed by atoms with Crippen molar-refractivity contribution < 1.29 is 23.5 Å². The fourth-order valence-electron chi connectivity index (χ4n) is 2.61. The van der Waals surface area contributed by atoms with E-state index in [2.05, 4.69) is 5.32 Å². The van der Waals surface area contributed by atoms with E-state index in [0.717, 1.165) is 0 Å². The van der Waals surface area contributed by atoms with E-state index in [-0.39, 0.29) is 17.5 Å². The van der Waals surface area contributed by atoms with Gasteiger partial charge in [-0.1, -0.05) is 11.6 Å². The molecule has 3 rings (SSSR count). The highest BCUT2D eigenvalue weighted by atomic mass is 35.5. The van der Waals surface area contributed by atoms with Crippen LogP contribution in [0.3, 0.4) is 0 Å². The minimum atomic E-state index is -0.719. The van der Waals surface area contributed by atoms with E-state index in [9.17, 15) is 14.4 Å². The minimum Gasteiger partial charge on any atom is -0.451 e. The third-order valence-electron chi connectivity index (χ3n) is 3.95. The second-order valence-corrected chi connectivity index (χ2v) is 6.39. The molecule has 0 atom stereocenters. The summed E-state index contributed by atoms with van der Waals surface area (Å²) in [6, 6.07) is 11.3. The molecular formula is C20H16ClNO5. The highest BCUT2D eigenvalue weighted by Gasteiger charge is 2.20. The number of hydrogen-bond donors (Lipinski definition) is 1. The van der Waals surface area contributed by atoms with Crippen molar-refractivity contribution in [2.24, 2.45) is 0 Å². The maximum absolute atomic E-state index is 12.3. The minimum absolute atomic E-state index is 0.0427. The SMILES string of the molecule is CC(=O)Nc1ccc(C(=O)COC(=O)c2oc3ccc(Cl)cc3c2C)cc1. The largest absolute Gasteiger partial charge is 0.451 e. The van der Waals surface area contributed by atoms with Gasteiger partial charge in [-0.2, -0.15) is 0 Å². The van der Waals surface area contributed by atoms with E-state index in [1.165, 1.54) is 6.92 Å². The number of halogens is 1. The molecule has 0 aliphatic carbocycles. The normalized spacial score (nSPS) is 10.6. The molecular weight excluding hydrogens is 370 g/mol. The zero-order chi connectivity index (χ0) is 19.6. The Bertz CT molecular complexity index is 1040. The van der Waals surface area contributed by atoms with Crippen molar-refractivity contribution in [3.8, 4) is 0 Å². The molecule has 1 amide bonds. The second kappa shape index (κ2) is 7.63. The lowest BCUT2D eigenvalue weighted by atomic mass is 10.1. The topological polar surface area (TPSA) is 85.6 Å². The molecule has 1 N–H and O–H groups in total. The molecule has 0 unspecified atom stereocenters. The molecule has 0 aliphatic heterocycles. The average Bonchev–Trinajstić information content (AvgIpc) is 2.96. The number of furan rings is 1. The lowest BCUT2D eigenvalue weighted by Gasteiger charge is -2.05. The van der Waals surface area contributed by atoms with Crippen LogP contribution in [-0.4, -0.2) is 24.3 Å². The van der Waals surface area contributed by atoms with Crippen molar-refractivity contribution in [3.63, 3.8) is 0 Å². The number of aryl methyl sites for hydroxylation is 1. The Labute approximate surface area is 160 Å². The van der Waals surface area contributed by atoms with E-state index < -0.39 is 12.6 Å². The molecule has 1 heterocycles. The van der Waals surface area contributed by atoms with Crippen molar-refractivity contribution in [1.82, 2.24) is 0 Å². The zero-order valence-corrected chi connectivity index (χ0v) is 15.4. The summed E-state index contributed by atoms with van der Waals surface area (Å²) < 4.78 is 10.6. The van der Waals surface area contributed by atoms with Gasteiger partial charge in [0.25, 0.3) is 0 Å². The monoisotopic (exact) mass is 385 g/mol. The third-order valence-corrected chi connectivity index (χ3v) is 4.18. The quantitative estimate of drug-likeness (QED) is 0.520. The summed E-state index contributed by atoms with van der Waals surface area (Å²) >= 11 is 5.96. The Morgan fingerprint density at radius 2 is 1.81 bits per heavy atom. The van der Waals surface area contributed by atoms with Gasteiger partial charge < -0.3 is 14.5 Å². The van der Waals surface area contributed by atoms with Crippen molar-refractivity contribution in [3.05, 3.63) is 64.4 Å². The van der Waals surface area contributed by atoms with Crippen LogP contribution in [0.15, 0.2) is 46.9 Å². The number of rotatable bonds is 5. The number of anilines is 1. The number of carbonyl (C=O) groups excluding carboxylic acids is 3. The molecule has 0 saturated heterocycles. The molecule has 6 nitrogen and oxygen atoms in total. The Hall–Kier alpha value is -3.12. The van der Waals surface area contributed by atoms with E-state index in [4.69, 9.17) is 20.8 Å². The summed E-state index contributed by atoms with van der Waals surface area (Å²) in [6.07, 6.45) is 0. The summed E-state index contributed by atoms with van der Waals surface area (Å²) in [5.41, 5.74) is 2.06. The molecule has 0 aliphatic rings. The predicted molar refractivity (Wildman–Crippen MR) is 101 cm³/mol. The molecule has 2 aromatic carbocycles. The molecule has 0 bridgehead atoms. The Kier molecular flexibility index (Phi) is 5.28. The molecule has 1 aromatic heterocycles. The maximum atomic E-state index is 12.3. The van der Waals surface area contributed by atoms with Crippen LogP contribution in [0.2, 0.25) is 5.02 Å². The highest BCUT2D eigenvalue weighted by molar-refractivity contribution is 6.31. The van der Waals surface area contributed by atoms with Gasteiger partial charge in [0, 0.05) is 34.1 Å². The van der Waals surface area contributed by atoms with Crippen LogP contribution in [0.1, 0.15) is 33.4 Å². The number of carbonyl (C=O) groups is 3. The van der Waals surface area contributed by atoms with Gasteiger partial charge in [0.1, 0.15) is 5.58 Å². The molecule has 0 spiro atoms. The number of ketones is 1. The van der Waals surface area contributed by atoms with Gasteiger partial charge in [-0.25, -0.2) is 4.79 Å². The first kappa shape index (κ1) is 18.7. The van der Waals surface area contributed by atoms with Crippen molar-refractivity contribution in [1.29, 1.82) is 0 Å². The smallest absolute Gasteiger partial charge is 0.375 e. The zero-order valence-electron chi connectivity index (χ0n) is 14.7. The van der Waals surface area contributed by atoms with Crippen molar-refractivity contribution in [2.45, 2.75) is 13.8 Å². The summed E-state index contributed by atoms with van der Waals surface area (Å²) in [7, 11) is 0. The number of benzene rings is 2. The van der Waals surface area contributed by atoms with Crippen LogP contribution < -0.4 is 5.32 Å². The molecule has 138 valence electrons. The Morgan fingerprint density at radius 3 is 2.48 bits per heavy atom. The number of amides is 1. The van der Waals surface area contributed by atoms with Crippen LogP contribution in [0.5, 0.6) is 0 Å². The number of hydrogen-bond acceptors (Lipinski definition) is 5. The Morgan fingerprint density at radius 1 is 1.11 bits per heavy atom. The first-order valence-corrected chi connectivity index (χ1v) is 8.49. The lowest BCUT2D eigenvalue weighted by Crippen LogP contribution is -2.14. The van der Waals surface area contributed by atoms with Gasteiger partial charge in [-0.3, -0.25) is 9.59 Å². The van der Waals surface area contributed by atoms with Crippen LogP contribution in [0.4, 0.5) is 5.69 Å². The van der Waals surface area contributed by atoms with Crippen molar-refractivity contribution in [2.75, 3.05) is 11.9 Å².